The molecular formula is C16H15N3O2. The number of aromatic nitrogens is 2. The fourth-order valence-corrected chi connectivity index (χ4v) is 2.59. The zero-order valence-corrected chi connectivity index (χ0v) is 11.7. The molecule has 0 aliphatic carbocycles. The van der Waals surface area contributed by atoms with Gasteiger partial charge in [0.05, 0.1) is 11.3 Å². The van der Waals surface area contributed by atoms with Crippen molar-refractivity contribution in [3.63, 3.8) is 0 Å². The van der Waals surface area contributed by atoms with E-state index >= 15 is 0 Å². The molecule has 2 heterocycles. The molecule has 0 atom stereocenters. The third-order valence-corrected chi connectivity index (χ3v) is 3.68. The normalized spacial score (nSPS) is 13.7. The van der Waals surface area contributed by atoms with Crippen LogP contribution >= 0.6 is 0 Å². The molecule has 0 unspecified atom stereocenters. The number of hydrogen-bond donors (Lipinski definition) is 0. The summed E-state index contributed by atoms with van der Waals surface area (Å²) in [5.41, 5.74) is 2.90. The van der Waals surface area contributed by atoms with E-state index in [2.05, 4.69) is 9.97 Å². The minimum Gasteiger partial charge on any atom is -0.334 e. The molecule has 0 fully saturated rings. The average Bonchev–Trinajstić information content (AvgIpc) is 2.53. The van der Waals surface area contributed by atoms with Gasteiger partial charge in [0.1, 0.15) is 6.33 Å². The number of nitrogens with zero attached hydrogens (tertiary/aromatic N) is 3. The standard InChI is InChI=1S/C16H15N3O2/c1-11(20)13-4-2-3-5-14(13)16(21)19-7-6-15-12(9-19)8-17-10-18-15/h2-5,8,10H,6-7,9H2,1H3. The summed E-state index contributed by atoms with van der Waals surface area (Å²) in [4.78, 5) is 34.3. The van der Waals surface area contributed by atoms with Crippen LogP contribution in [0.3, 0.4) is 0 Å². The Kier molecular flexibility index (Phi) is 3.48. The summed E-state index contributed by atoms with van der Waals surface area (Å²) in [6, 6.07) is 6.94. The van der Waals surface area contributed by atoms with Gasteiger partial charge in [0.2, 0.25) is 0 Å². The number of carbonyl (C=O) groups is 2. The van der Waals surface area contributed by atoms with Gasteiger partial charge in [-0.15, -0.1) is 0 Å². The average molecular weight is 281 g/mol. The molecule has 0 saturated carbocycles. The van der Waals surface area contributed by atoms with Crippen LogP contribution in [0.2, 0.25) is 0 Å². The van der Waals surface area contributed by atoms with Gasteiger partial charge in [-0.05, 0) is 13.0 Å². The Balaban J connectivity index is 1.89. The second kappa shape index (κ2) is 5.44. The van der Waals surface area contributed by atoms with Crippen molar-refractivity contribution < 1.29 is 9.59 Å². The van der Waals surface area contributed by atoms with Crippen LogP contribution in [0, 0.1) is 0 Å². The number of amides is 1. The summed E-state index contributed by atoms with van der Waals surface area (Å²) in [5.74, 6) is -0.213. The van der Waals surface area contributed by atoms with Crippen LogP contribution in [-0.2, 0) is 13.0 Å². The fourth-order valence-electron chi connectivity index (χ4n) is 2.59. The Morgan fingerprint density at radius 3 is 2.71 bits per heavy atom. The molecule has 0 N–H and O–H groups in total. The van der Waals surface area contributed by atoms with E-state index < -0.39 is 0 Å². The van der Waals surface area contributed by atoms with E-state index in [4.69, 9.17) is 0 Å². The molecule has 1 aromatic carbocycles. The Hall–Kier alpha value is -2.56. The monoisotopic (exact) mass is 281 g/mol. The van der Waals surface area contributed by atoms with E-state index in [0.29, 0.717) is 30.6 Å². The molecule has 1 aliphatic heterocycles. The molecule has 1 aliphatic rings. The number of carbonyl (C=O) groups excluding carboxylic acids is 2. The van der Waals surface area contributed by atoms with Gasteiger partial charge in [-0.2, -0.15) is 0 Å². The van der Waals surface area contributed by atoms with Crippen molar-refractivity contribution in [1.82, 2.24) is 14.9 Å². The lowest BCUT2D eigenvalue weighted by molar-refractivity contribution is 0.0729. The maximum atomic E-state index is 12.7. The molecule has 21 heavy (non-hydrogen) atoms. The minimum atomic E-state index is -0.115. The van der Waals surface area contributed by atoms with Crippen molar-refractivity contribution in [2.75, 3.05) is 6.54 Å². The third-order valence-electron chi connectivity index (χ3n) is 3.68. The van der Waals surface area contributed by atoms with Gasteiger partial charge in [0.15, 0.2) is 5.78 Å². The highest BCUT2D eigenvalue weighted by Gasteiger charge is 2.24. The topological polar surface area (TPSA) is 63.2 Å². The Labute approximate surface area is 122 Å². The molecule has 106 valence electrons. The second-order valence-corrected chi connectivity index (χ2v) is 5.07. The molecule has 3 rings (SSSR count). The van der Waals surface area contributed by atoms with Crippen LogP contribution in [0.15, 0.2) is 36.8 Å². The summed E-state index contributed by atoms with van der Waals surface area (Å²) in [6.07, 6.45) is 3.99. The van der Waals surface area contributed by atoms with E-state index in [0.717, 1.165) is 11.3 Å². The van der Waals surface area contributed by atoms with Crippen LogP contribution in [0.5, 0.6) is 0 Å². The van der Waals surface area contributed by atoms with E-state index in [1.807, 2.05) is 0 Å². The molecule has 1 amide bonds. The first-order valence-electron chi connectivity index (χ1n) is 6.84. The quantitative estimate of drug-likeness (QED) is 0.788. The summed E-state index contributed by atoms with van der Waals surface area (Å²) in [7, 11) is 0. The first kappa shape index (κ1) is 13.4. The largest absolute Gasteiger partial charge is 0.334 e. The van der Waals surface area contributed by atoms with E-state index in [9.17, 15) is 9.59 Å². The smallest absolute Gasteiger partial charge is 0.254 e. The highest BCUT2D eigenvalue weighted by atomic mass is 16.2. The zero-order chi connectivity index (χ0) is 14.8. The first-order chi connectivity index (χ1) is 10.2. The Morgan fingerprint density at radius 1 is 1.19 bits per heavy atom. The van der Waals surface area contributed by atoms with Gasteiger partial charge < -0.3 is 4.90 Å². The van der Waals surface area contributed by atoms with Gasteiger partial charge in [-0.25, -0.2) is 9.97 Å². The van der Waals surface area contributed by atoms with Crippen molar-refractivity contribution >= 4 is 11.7 Å². The van der Waals surface area contributed by atoms with Crippen LogP contribution < -0.4 is 0 Å². The van der Waals surface area contributed by atoms with Crippen LogP contribution in [0.4, 0.5) is 0 Å². The lowest BCUT2D eigenvalue weighted by atomic mass is 10.0. The summed E-state index contributed by atoms with van der Waals surface area (Å²) < 4.78 is 0. The number of benzene rings is 1. The lowest BCUT2D eigenvalue weighted by Gasteiger charge is -2.28. The van der Waals surface area contributed by atoms with Crippen LogP contribution in [-0.4, -0.2) is 33.1 Å². The van der Waals surface area contributed by atoms with Crippen LogP contribution in [0.25, 0.3) is 0 Å². The number of rotatable bonds is 2. The number of ketones is 1. The Bertz CT molecular complexity index is 712. The molecule has 0 radical (unpaired) electrons. The molecule has 0 spiro atoms. The lowest BCUT2D eigenvalue weighted by Crippen LogP contribution is -2.37. The van der Waals surface area contributed by atoms with Crippen LogP contribution in [0.1, 0.15) is 38.9 Å². The SMILES string of the molecule is CC(=O)c1ccccc1C(=O)N1CCc2ncncc2C1. The number of fused-ring (bicyclic) bond motifs is 1. The van der Waals surface area contributed by atoms with E-state index in [1.165, 1.54) is 13.3 Å². The van der Waals surface area contributed by atoms with E-state index in [1.54, 1.807) is 35.4 Å². The maximum Gasteiger partial charge on any atom is 0.254 e. The summed E-state index contributed by atoms with van der Waals surface area (Å²) in [6.45, 7) is 2.57. The Morgan fingerprint density at radius 2 is 1.95 bits per heavy atom. The molecular weight excluding hydrogens is 266 g/mol. The van der Waals surface area contributed by atoms with Crippen molar-refractivity contribution in [3.05, 3.63) is 59.2 Å². The number of hydrogen-bond acceptors (Lipinski definition) is 4. The van der Waals surface area contributed by atoms with Gasteiger partial charge in [-0.1, -0.05) is 18.2 Å². The summed E-state index contributed by atoms with van der Waals surface area (Å²) in [5, 5.41) is 0. The molecule has 2 aromatic rings. The van der Waals surface area contributed by atoms with Crippen molar-refractivity contribution in [1.29, 1.82) is 0 Å². The van der Waals surface area contributed by atoms with Crippen molar-refractivity contribution in [3.8, 4) is 0 Å². The zero-order valence-electron chi connectivity index (χ0n) is 11.7. The van der Waals surface area contributed by atoms with Gasteiger partial charge >= 0.3 is 0 Å². The van der Waals surface area contributed by atoms with Gasteiger partial charge in [-0.3, -0.25) is 9.59 Å². The third kappa shape index (κ3) is 2.54. The van der Waals surface area contributed by atoms with E-state index in [-0.39, 0.29) is 11.7 Å². The second-order valence-electron chi connectivity index (χ2n) is 5.07. The minimum absolute atomic E-state index is 0.0975. The number of Topliss-reactive ketones (excluding diaryl/α,β-unsaturated/α-hetero) is 1. The highest BCUT2D eigenvalue weighted by molar-refractivity contribution is 6.07. The predicted molar refractivity (Wildman–Crippen MR) is 76.9 cm³/mol. The molecule has 5 heteroatoms. The highest BCUT2D eigenvalue weighted by Crippen LogP contribution is 2.19. The molecule has 0 bridgehead atoms. The maximum absolute atomic E-state index is 12.7. The molecule has 5 nitrogen and oxygen atoms in total. The van der Waals surface area contributed by atoms with Gasteiger partial charge in [0.25, 0.3) is 5.91 Å². The molecule has 1 aromatic heterocycles. The van der Waals surface area contributed by atoms with Gasteiger partial charge in [0, 0.05) is 36.8 Å². The first-order valence-corrected chi connectivity index (χ1v) is 6.84. The van der Waals surface area contributed by atoms with Crippen molar-refractivity contribution in [2.24, 2.45) is 0 Å². The fraction of sp³-hybridized carbons (Fsp3) is 0.250. The van der Waals surface area contributed by atoms with Crippen molar-refractivity contribution in [2.45, 2.75) is 19.9 Å². The molecule has 0 saturated heterocycles. The predicted octanol–water partition coefficient (Wildman–Crippen LogP) is 1.88. The summed E-state index contributed by atoms with van der Waals surface area (Å²) >= 11 is 0.